The van der Waals surface area contributed by atoms with Gasteiger partial charge in [-0.05, 0) is 31.0 Å². The van der Waals surface area contributed by atoms with Gasteiger partial charge in [0.25, 0.3) is 0 Å². The van der Waals surface area contributed by atoms with Crippen LogP contribution >= 0.6 is 23.2 Å². The maximum Gasteiger partial charge on any atom is 0.244 e. The molecule has 82 valence electrons. The van der Waals surface area contributed by atoms with E-state index < -0.39 is 5.41 Å². The quantitative estimate of drug-likeness (QED) is 0.881. The first-order valence-corrected chi connectivity index (χ1v) is 5.51. The highest BCUT2D eigenvalue weighted by Gasteiger charge is 2.50. The number of halogens is 2. The molecule has 1 amide bonds. The average Bonchev–Trinajstić information content (AvgIpc) is 3.04. The van der Waals surface area contributed by atoms with Crippen molar-refractivity contribution in [2.24, 2.45) is 5.41 Å². The van der Waals surface area contributed by atoms with Crippen LogP contribution in [0.1, 0.15) is 12.8 Å². The van der Waals surface area contributed by atoms with Crippen molar-refractivity contribution in [1.82, 2.24) is 0 Å². The third-order valence-corrected chi connectivity index (χ3v) is 3.14. The van der Waals surface area contributed by atoms with Crippen molar-refractivity contribution in [3.63, 3.8) is 0 Å². The Kier molecular flexibility index (Phi) is 2.79. The predicted octanol–water partition coefficient (Wildman–Crippen LogP) is 3.24. The van der Waals surface area contributed by atoms with Crippen LogP contribution in [0.4, 0.5) is 5.69 Å². The Morgan fingerprint density at radius 1 is 1.44 bits per heavy atom. The van der Waals surface area contributed by atoms with Crippen molar-refractivity contribution in [3.8, 4) is 6.07 Å². The van der Waals surface area contributed by atoms with E-state index >= 15 is 0 Å². The van der Waals surface area contributed by atoms with Crippen LogP contribution in [0.2, 0.25) is 10.0 Å². The Morgan fingerprint density at radius 2 is 2.12 bits per heavy atom. The highest BCUT2D eigenvalue weighted by molar-refractivity contribution is 6.35. The fraction of sp³-hybridized carbons (Fsp3) is 0.273. The molecule has 1 N–H and O–H groups in total. The second kappa shape index (κ2) is 3.97. The average molecular weight is 255 g/mol. The maximum absolute atomic E-state index is 11.8. The summed E-state index contributed by atoms with van der Waals surface area (Å²) in [6, 6.07) is 6.82. The highest BCUT2D eigenvalue weighted by atomic mass is 35.5. The van der Waals surface area contributed by atoms with E-state index in [2.05, 4.69) is 5.32 Å². The van der Waals surface area contributed by atoms with E-state index in [1.807, 2.05) is 6.07 Å². The summed E-state index contributed by atoms with van der Waals surface area (Å²) in [6.45, 7) is 0. The second-order valence-corrected chi connectivity index (χ2v) is 4.62. The number of nitrogens with zero attached hydrogens (tertiary/aromatic N) is 1. The fourth-order valence-corrected chi connectivity index (χ4v) is 1.69. The summed E-state index contributed by atoms with van der Waals surface area (Å²) < 4.78 is 0. The molecular formula is C11H8Cl2N2O. The fourth-order valence-electron chi connectivity index (χ4n) is 1.35. The molecule has 1 fully saturated rings. The molecule has 3 nitrogen and oxygen atoms in total. The summed E-state index contributed by atoms with van der Waals surface area (Å²) in [7, 11) is 0. The molecule has 1 aromatic carbocycles. The molecule has 0 radical (unpaired) electrons. The van der Waals surface area contributed by atoms with E-state index in [0.717, 1.165) is 0 Å². The van der Waals surface area contributed by atoms with Gasteiger partial charge in [-0.3, -0.25) is 4.79 Å². The molecule has 1 aliphatic rings. The van der Waals surface area contributed by atoms with Crippen molar-refractivity contribution in [3.05, 3.63) is 28.2 Å². The van der Waals surface area contributed by atoms with Gasteiger partial charge in [-0.15, -0.1) is 0 Å². The lowest BCUT2D eigenvalue weighted by atomic mass is 10.1. The molecule has 1 aromatic rings. The number of amides is 1. The zero-order valence-corrected chi connectivity index (χ0v) is 9.77. The number of rotatable bonds is 2. The predicted molar refractivity (Wildman–Crippen MR) is 62.4 cm³/mol. The maximum atomic E-state index is 11.8. The number of carbonyl (C=O) groups excluding carboxylic acids is 1. The molecule has 1 aliphatic carbocycles. The molecular weight excluding hydrogens is 247 g/mol. The Balaban J connectivity index is 2.19. The number of carbonyl (C=O) groups is 1. The molecule has 0 bridgehead atoms. The van der Waals surface area contributed by atoms with Gasteiger partial charge in [0, 0.05) is 5.02 Å². The second-order valence-electron chi connectivity index (χ2n) is 3.77. The minimum absolute atomic E-state index is 0.306. The summed E-state index contributed by atoms with van der Waals surface area (Å²) in [5.74, 6) is -0.306. The van der Waals surface area contributed by atoms with Crippen LogP contribution in [0.3, 0.4) is 0 Å². The van der Waals surface area contributed by atoms with Crippen molar-refractivity contribution >= 4 is 34.8 Å². The molecule has 16 heavy (non-hydrogen) atoms. The Hall–Kier alpha value is -1.24. The summed E-state index contributed by atoms with van der Waals surface area (Å²) in [4.78, 5) is 11.8. The standard InChI is InChI=1S/C11H8Cl2N2O/c12-7-1-2-8(13)9(5-7)15-10(16)11(6-14)3-4-11/h1-2,5H,3-4H2,(H,15,16). The third-order valence-electron chi connectivity index (χ3n) is 2.58. The normalized spacial score (nSPS) is 16.3. The van der Waals surface area contributed by atoms with Crippen LogP contribution in [0.5, 0.6) is 0 Å². The molecule has 0 unspecified atom stereocenters. The number of hydrogen-bond acceptors (Lipinski definition) is 2. The van der Waals surface area contributed by atoms with Crippen LogP contribution in [-0.4, -0.2) is 5.91 Å². The first-order chi connectivity index (χ1) is 7.57. The van der Waals surface area contributed by atoms with Crippen molar-refractivity contribution in [2.75, 3.05) is 5.32 Å². The lowest BCUT2D eigenvalue weighted by Gasteiger charge is -2.09. The van der Waals surface area contributed by atoms with Gasteiger partial charge in [0.05, 0.1) is 16.8 Å². The minimum Gasteiger partial charge on any atom is -0.323 e. The number of benzene rings is 1. The molecule has 2 rings (SSSR count). The monoisotopic (exact) mass is 254 g/mol. The van der Waals surface area contributed by atoms with E-state index in [1.54, 1.807) is 18.2 Å². The van der Waals surface area contributed by atoms with Gasteiger partial charge in [-0.25, -0.2) is 0 Å². The van der Waals surface area contributed by atoms with E-state index in [4.69, 9.17) is 28.5 Å². The number of anilines is 1. The Morgan fingerprint density at radius 3 is 2.69 bits per heavy atom. The lowest BCUT2D eigenvalue weighted by Crippen LogP contribution is -2.22. The van der Waals surface area contributed by atoms with Gasteiger partial charge in [0.2, 0.25) is 5.91 Å². The smallest absolute Gasteiger partial charge is 0.244 e. The third kappa shape index (κ3) is 1.99. The van der Waals surface area contributed by atoms with Crippen LogP contribution in [0, 0.1) is 16.7 Å². The Bertz CT molecular complexity index is 489. The molecule has 5 heteroatoms. The van der Waals surface area contributed by atoms with Crippen LogP contribution < -0.4 is 5.32 Å². The van der Waals surface area contributed by atoms with E-state index in [-0.39, 0.29) is 5.91 Å². The Labute approximate surface area is 103 Å². The number of hydrogen-bond donors (Lipinski definition) is 1. The molecule has 0 spiro atoms. The van der Waals surface area contributed by atoms with E-state index in [1.165, 1.54) is 0 Å². The van der Waals surface area contributed by atoms with Crippen LogP contribution in [0.15, 0.2) is 18.2 Å². The highest BCUT2D eigenvalue weighted by Crippen LogP contribution is 2.46. The molecule has 0 atom stereocenters. The van der Waals surface area contributed by atoms with Crippen LogP contribution in [-0.2, 0) is 4.79 Å². The zero-order chi connectivity index (χ0) is 11.8. The largest absolute Gasteiger partial charge is 0.323 e. The first kappa shape index (κ1) is 11.3. The first-order valence-electron chi connectivity index (χ1n) is 4.75. The van der Waals surface area contributed by atoms with Crippen molar-refractivity contribution in [2.45, 2.75) is 12.8 Å². The zero-order valence-electron chi connectivity index (χ0n) is 8.26. The van der Waals surface area contributed by atoms with Crippen molar-refractivity contribution in [1.29, 1.82) is 5.26 Å². The summed E-state index contributed by atoms with van der Waals surface area (Å²) in [5.41, 5.74) is -0.410. The summed E-state index contributed by atoms with van der Waals surface area (Å²) in [6.07, 6.45) is 1.21. The molecule has 0 aromatic heterocycles. The summed E-state index contributed by atoms with van der Waals surface area (Å²) >= 11 is 11.7. The molecule has 0 heterocycles. The van der Waals surface area contributed by atoms with Gasteiger partial charge in [-0.2, -0.15) is 5.26 Å². The summed E-state index contributed by atoms with van der Waals surface area (Å²) in [5, 5.41) is 12.4. The van der Waals surface area contributed by atoms with E-state index in [0.29, 0.717) is 28.6 Å². The van der Waals surface area contributed by atoms with Crippen LogP contribution in [0.25, 0.3) is 0 Å². The molecule has 0 aliphatic heterocycles. The molecule has 1 saturated carbocycles. The van der Waals surface area contributed by atoms with Crippen molar-refractivity contribution < 1.29 is 4.79 Å². The van der Waals surface area contributed by atoms with E-state index in [9.17, 15) is 4.79 Å². The van der Waals surface area contributed by atoms with Gasteiger partial charge in [0.15, 0.2) is 0 Å². The van der Waals surface area contributed by atoms with Gasteiger partial charge < -0.3 is 5.32 Å². The van der Waals surface area contributed by atoms with Gasteiger partial charge >= 0.3 is 0 Å². The topological polar surface area (TPSA) is 52.9 Å². The number of nitriles is 1. The van der Waals surface area contributed by atoms with Gasteiger partial charge in [-0.1, -0.05) is 23.2 Å². The molecule has 0 saturated heterocycles. The van der Waals surface area contributed by atoms with Gasteiger partial charge in [0.1, 0.15) is 5.41 Å². The minimum atomic E-state index is -0.856. The lowest BCUT2D eigenvalue weighted by molar-refractivity contribution is -0.119. The number of nitrogens with one attached hydrogen (secondary N) is 1. The SMILES string of the molecule is N#CC1(C(=O)Nc2cc(Cl)ccc2Cl)CC1.